The second-order valence-corrected chi connectivity index (χ2v) is 6.29. The summed E-state index contributed by atoms with van der Waals surface area (Å²) in [4.78, 5) is 14.7. The van der Waals surface area contributed by atoms with E-state index >= 15 is 0 Å². The maximum absolute atomic E-state index is 12.4. The summed E-state index contributed by atoms with van der Waals surface area (Å²) >= 11 is 0. The maximum atomic E-state index is 12.4. The molecule has 6 nitrogen and oxygen atoms in total. The Morgan fingerprint density at radius 1 is 1.28 bits per heavy atom. The van der Waals surface area contributed by atoms with Crippen LogP contribution < -0.4 is 5.32 Å². The lowest BCUT2D eigenvalue weighted by Gasteiger charge is -2.17. The standard InChI is InChI=1S/C19H30N4O2/c1-6-17-15(12-23(7-2)8-3)11-18(25-17)19(24)20-10-9-16-13(4)21-22-14(16)5/h11H,6-10,12H2,1-5H3,(H,20,24)(H,21,22). The Morgan fingerprint density at radius 3 is 2.56 bits per heavy atom. The molecule has 2 rings (SSSR count). The van der Waals surface area contributed by atoms with E-state index < -0.39 is 0 Å². The van der Waals surface area contributed by atoms with Crippen LogP contribution in [0.5, 0.6) is 0 Å². The zero-order valence-corrected chi connectivity index (χ0v) is 16.0. The number of aromatic nitrogens is 2. The van der Waals surface area contributed by atoms with Crippen LogP contribution in [0.2, 0.25) is 0 Å². The summed E-state index contributed by atoms with van der Waals surface area (Å²) in [7, 11) is 0. The number of H-pyrrole nitrogens is 1. The van der Waals surface area contributed by atoms with Gasteiger partial charge in [0.25, 0.3) is 5.91 Å². The lowest BCUT2D eigenvalue weighted by molar-refractivity contribution is 0.0924. The maximum Gasteiger partial charge on any atom is 0.287 e. The molecule has 0 aromatic carbocycles. The SMILES string of the molecule is CCc1oc(C(=O)NCCc2c(C)n[nH]c2C)cc1CN(CC)CC. The van der Waals surface area contributed by atoms with E-state index in [-0.39, 0.29) is 5.91 Å². The molecule has 2 aromatic rings. The molecule has 0 aliphatic rings. The molecule has 0 unspecified atom stereocenters. The first-order chi connectivity index (χ1) is 12.0. The van der Waals surface area contributed by atoms with Crippen LogP contribution in [0.3, 0.4) is 0 Å². The molecule has 0 bridgehead atoms. The molecule has 25 heavy (non-hydrogen) atoms. The number of amides is 1. The molecule has 0 fully saturated rings. The first kappa shape index (κ1) is 19.2. The summed E-state index contributed by atoms with van der Waals surface area (Å²) in [5, 5.41) is 10.1. The summed E-state index contributed by atoms with van der Waals surface area (Å²) in [6, 6.07) is 1.89. The van der Waals surface area contributed by atoms with E-state index in [9.17, 15) is 4.79 Å². The van der Waals surface area contributed by atoms with Crippen LogP contribution in [-0.2, 0) is 19.4 Å². The van der Waals surface area contributed by atoms with E-state index in [0.717, 1.165) is 60.8 Å². The van der Waals surface area contributed by atoms with E-state index in [4.69, 9.17) is 4.42 Å². The highest BCUT2D eigenvalue weighted by atomic mass is 16.4. The highest BCUT2D eigenvalue weighted by molar-refractivity contribution is 5.91. The number of furan rings is 1. The van der Waals surface area contributed by atoms with Crippen molar-refractivity contribution in [1.82, 2.24) is 20.4 Å². The lowest BCUT2D eigenvalue weighted by Crippen LogP contribution is -2.25. The van der Waals surface area contributed by atoms with Crippen molar-refractivity contribution in [3.63, 3.8) is 0 Å². The fourth-order valence-corrected chi connectivity index (χ4v) is 3.03. The largest absolute Gasteiger partial charge is 0.456 e. The van der Waals surface area contributed by atoms with Gasteiger partial charge in [-0.3, -0.25) is 14.8 Å². The first-order valence-corrected chi connectivity index (χ1v) is 9.12. The number of rotatable bonds is 9. The molecule has 0 spiro atoms. The van der Waals surface area contributed by atoms with E-state index in [2.05, 4.69) is 41.2 Å². The summed E-state index contributed by atoms with van der Waals surface area (Å²) in [5.74, 6) is 1.15. The third-order valence-corrected chi connectivity index (χ3v) is 4.67. The van der Waals surface area contributed by atoms with Gasteiger partial charge < -0.3 is 9.73 Å². The predicted octanol–water partition coefficient (Wildman–Crippen LogP) is 3.00. The number of nitrogens with one attached hydrogen (secondary N) is 2. The molecule has 0 aliphatic heterocycles. The van der Waals surface area contributed by atoms with Crippen molar-refractivity contribution in [3.8, 4) is 0 Å². The monoisotopic (exact) mass is 346 g/mol. The molecule has 6 heteroatoms. The molecule has 0 saturated heterocycles. The molecule has 0 aliphatic carbocycles. The van der Waals surface area contributed by atoms with Crippen LogP contribution >= 0.6 is 0 Å². The normalized spacial score (nSPS) is 11.3. The summed E-state index contributed by atoms with van der Waals surface area (Å²) in [6.45, 7) is 13.7. The third kappa shape index (κ3) is 4.72. The minimum atomic E-state index is -0.153. The van der Waals surface area contributed by atoms with Crippen LogP contribution in [0.25, 0.3) is 0 Å². The van der Waals surface area contributed by atoms with Gasteiger partial charge in [-0.2, -0.15) is 5.10 Å². The minimum absolute atomic E-state index is 0.153. The summed E-state index contributed by atoms with van der Waals surface area (Å²) in [5.41, 5.74) is 4.31. The lowest BCUT2D eigenvalue weighted by atomic mass is 10.1. The highest BCUT2D eigenvalue weighted by Crippen LogP contribution is 2.18. The van der Waals surface area contributed by atoms with Crippen LogP contribution in [-0.4, -0.2) is 40.6 Å². The van der Waals surface area contributed by atoms with Gasteiger partial charge in [-0.1, -0.05) is 20.8 Å². The molecular weight excluding hydrogens is 316 g/mol. The fraction of sp³-hybridized carbons (Fsp3) is 0.579. The molecule has 138 valence electrons. The average Bonchev–Trinajstić information content (AvgIpc) is 3.17. The zero-order chi connectivity index (χ0) is 18.4. The van der Waals surface area contributed by atoms with Gasteiger partial charge in [-0.15, -0.1) is 0 Å². The topological polar surface area (TPSA) is 74.2 Å². The number of aryl methyl sites for hydroxylation is 3. The number of carbonyl (C=O) groups is 1. The van der Waals surface area contributed by atoms with Crippen LogP contribution in [0.1, 0.15) is 59.6 Å². The molecule has 0 saturated carbocycles. The van der Waals surface area contributed by atoms with E-state index in [1.54, 1.807) is 0 Å². The number of carbonyl (C=O) groups excluding carboxylic acids is 1. The molecule has 1 amide bonds. The molecule has 2 N–H and O–H groups in total. The Hall–Kier alpha value is -2.08. The minimum Gasteiger partial charge on any atom is -0.456 e. The van der Waals surface area contributed by atoms with Gasteiger partial charge in [-0.25, -0.2) is 0 Å². The van der Waals surface area contributed by atoms with E-state index in [1.165, 1.54) is 0 Å². The highest BCUT2D eigenvalue weighted by Gasteiger charge is 2.17. The van der Waals surface area contributed by atoms with Gasteiger partial charge in [0.15, 0.2) is 5.76 Å². The van der Waals surface area contributed by atoms with Gasteiger partial charge in [0.2, 0.25) is 0 Å². The van der Waals surface area contributed by atoms with Gasteiger partial charge in [0, 0.05) is 30.8 Å². The second kappa shape index (κ2) is 8.85. The van der Waals surface area contributed by atoms with Gasteiger partial charge in [-0.05, 0) is 45.0 Å². The van der Waals surface area contributed by atoms with Crippen molar-refractivity contribution >= 4 is 5.91 Å². The molecule has 2 aromatic heterocycles. The predicted molar refractivity (Wildman–Crippen MR) is 98.8 cm³/mol. The third-order valence-electron chi connectivity index (χ3n) is 4.67. The molecule has 2 heterocycles. The molecule has 0 atom stereocenters. The van der Waals surface area contributed by atoms with E-state index in [0.29, 0.717) is 12.3 Å². The quantitative estimate of drug-likeness (QED) is 0.732. The number of hydrogen-bond donors (Lipinski definition) is 2. The average molecular weight is 346 g/mol. The number of aromatic amines is 1. The van der Waals surface area contributed by atoms with Gasteiger partial charge in [0.1, 0.15) is 5.76 Å². The Kier molecular flexibility index (Phi) is 6.82. The number of hydrogen-bond acceptors (Lipinski definition) is 4. The van der Waals surface area contributed by atoms with Crippen LogP contribution in [0.4, 0.5) is 0 Å². The van der Waals surface area contributed by atoms with Crippen molar-refractivity contribution in [2.45, 2.75) is 54.0 Å². The van der Waals surface area contributed by atoms with Gasteiger partial charge in [0.05, 0.1) is 5.69 Å². The Bertz CT molecular complexity index is 679. The molecule has 0 radical (unpaired) electrons. The van der Waals surface area contributed by atoms with Crippen molar-refractivity contribution in [2.24, 2.45) is 0 Å². The summed E-state index contributed by atoms with van der Waals surface area (Å²) in [6.07, 6.45) is 1.55. The Morgan fingerprint density at radius 2 is 2.00 bits per heavy atom. The number of nitrogens with zero attached hydrogens (tertiary/aromatic N) is 2. The fourth-order valence-electron chi connectivity index (χ4n) is 3.03. The smallest absolute Gasteiger partial charge is 0.287 e. The van der Waals surface area contributed by atoms with Crippen LogP contribution in [0, 0.1) is 13.8 Å². The Labute approximate surface area is 150 Å². The van der Waals surface area contributed by atoms with Gasteiger partial charge >= 0.3 is 0 Å². The van der Waals surface area contributed by atoms with E-state index in [1.807, 2.05) is 19.9 Å². The first-order valence-electron chi connectivity index (χ1n) is 9.12. The Balaban J connectivity index is 1.98. The zero-order valence-electron chi connectivity index (χ0n) is 16.0. The summed E-state index contributed by atoms with van der Waals surface area (Å²) < 4.78 is 5.79. The van der Waals surface area contributed by atoms with Crippen molar-refractivity contribution in [1.29, 1.82) is 0 Å². The van der Waals surface area contributed by atoms with Crippen LogP contribution in [0.15, 0.2) is 10.5 Å². The van der Waals surface area contributed by atoms with Crippen molar-refractivity contribution in [2.75, 3.05) is 19.6 Å². The molecular formula is C19H30N4O2. The van der Waals surface area contributed by atoms with Crippen molar-refractivity contribution < 1.29 is 9.21 Å². The second-order valence-electron chi connectivity index (χ2n) is 6.29. The van der Waals surface area contributed by atoms with Crippen molar-refractivity contribution in [3.05, 3.63) is 40.1 Å².